The van der Waals surface area contributed by atoms with E-state index in [1.165, 1.54) is 4.90 Å². The van der Waals surface area contributed by atoms with Crippen molar-refractivity contribution < 1.29 is 14.3 Å². The van der Waals surface area contributed by atoms with Crippen molar-refractivity contribution in [3.63, 3.8) is 0 Å². The number of benzene rings is 2. The highest BCUT2D eigenvalue weighted by molar-refractivity contribution is 5.94. The molecule has 7 nitrogen and oxygen atoms in total. The number of carbonyl (C=O) groups is 2. The van der Waals surface area contributed by atoms with Crippen molar-refractivity contribution in [3.8, 4) is 5.75 Å². The Bertz CT molecular complexity index is 1140. The van der Waals surface area contributed by atoms with E-state index in [1.54, 1.807) is 19.0 Å². The average Bonchev–Trinajstić information content (AvgIpc) is 3.40. The van der Waals surface area contributed by atoms with Crippen LogP contribution >= 0.6 is 0 Å². The first-order chi connectivity index (χ1) is 15.5. The second-order valence-corrected chi connectivity index (χ2v) is 8.54. The van der Waals surface area contributed by atoms with Crippen molar-refractivity contribution in [1.29, 1.82) is 0 Å². The lowest BCUT2D eigenvalue weighted by Crippen LogP contribution is -2.44. The first-order valence-electron chi connectivity index (χ1n) is 10.9. The molecule has 1 atom stereocenters. The van der Waals surface area contributed by atoms with Crippen LogP contribution in [0.2, 0.25) is 0 Å². The Hall–Kier alpha value is -3.61. The first kappa shape index (κ1) is 20.3. The van der Waals surface area contributed by atoms with Gasteiger partial charge in [0.05, 0.1) is 6.54 Å². The molecule has 0 saturated carbocycles. The number of carbonyl (C=O) groups excluding carboxylic acids is 2. The molecule has 2 aliphatic heterocycles. The molecule has 3 aromatic rings. The predicted octanol–water partition coefficient (Wildman–Crippen LogP) is 2.52. The molecule has 1 aromatic heterocycles. The van der Waals surface area contributed by atoms with Gasteiger partial charge in [-0.1, -0.05) is 48.5 Å². The second-order valence-electron chi connectivity index (χ2n) is 8.54. The van der Waals surface area contributed by atoms with Gasteiger partial charge < -0.3 is 14.5 Å². The summed E-state index contributed by atoms with van der Waals surface area (Å²) in [5.74, 6) is 0.598. The number of hydrogen-bond donors (Lipinski definition) is 0. The van der Waals surface area contributed by atoms with Gasteiger partial charge in [-0.05, 0) is 17.2 Å². The van der Waals surface area contributed by atoms with E-state index in [-0.39, 0.29) is 11.8 Å². The maximum Gasteiger partial charge on any atom is 0.274 e. The molecule has 164 valence electrons. The lowest BCUT2D eigenvalue weighted by Gasteiger charge is -2.29. The Morgan fingerprint density at radius 2 is 1.84 bits per heavy atom. The molecule has 0 bridgehead atoms. The van der Waals surface area contributed by atoms with Crippen LogP contribution in [0.3, 0.4) is 0 Å². The third kappa shape index (κ3) is 3.64. The van der Waals surface area contributed by atoms with Gasteiger partial charge in [0, 0.05) is 51.3 Å². The third-order valence-electron chi connectivity index (χ3n) is 6.15. The van der Waals surface area contributed by atoms with Crippen LogP contribution in [0, 0.1) is 0 Å². The number of amides is 2. The second kappa shape index (κ2) is 8.15. The molecular weight excluding hydrogens is 404 g/mol. The lowest BCUT2D eigenvalue weighted by atomic mass is 10.0. The highest BCUT2D eigenvalue weighted by Crippen LogP contribution is 2.31. The van der Waals surface area contributed by atoms with E-state index in [4.69, 9.17) is 4.74 Å². The van der Waals surface area contributed by atoms with E-state index in [0.29, 0.717) is 38.2 Å². The largest absolute Gasteiger partial charge is 0.480 e. The van der Waals surface area contributed by atoms with E-state index in [1.807, 2.05) is 47.1 Å². The summed E-state index contributed by atoms with van der Waals surface area (Å²) >= 11 is 0. The molecule has 0 spiro atoms. The average molecular weight is 431 g/mol. The third-order valence-corrected chi connectivity index (χ3v) is 6.15. The van der Waals surface area contributed by atoms with E-state index >= 15 is 0 Å². The number of para-hydroxylation sites is 1. The fourth-order valence-electron chi connectivity index (χ4n) is 4.47. The number of ether oxygens (including phenoxy) is 1. The summed E-state index contributed by atoms with van der Waals surface area (Å²) in [6.07, 6.45) is 0.720. The van der Waals surface area contributed by atoms with Crippen LogP contribution in [0.25, 0.3) is 0 Å². The topological polar surface area (TPSA) is 67.7 Å². The van der Waals surface area contributed by atoms with Gasteiger partial charge in [-0.25, -0.2) is 0 Å². The van der Waals surface area contributed by atoms with E-state index < -0.39 is 6.10 Å². The molecule has 0 radical (unpaired) electrons. The molecule has 32 heavy (non-hydrogen) atoms. The minimum Gasteiger partial charge on any atom is -0.480 e. The van der Waals surface area contributed by atoms with Gasteiger partial charge in [-0.15, -0.1) is 0 Å². The molecular formula is C25H26N4O3. The lowest BCUT2D eigenvalue weighted by molar-refractivity contribution is -0.138. The van der Waals surface area contributed by atoms with Crippen molar-refractivity contribution in [2.24, 2.45) is 0 Å². The Morgan fingerprint density at radius 1 is 1.09 bits per heavy atom. The highest BCUT2D eigenvalue weighted by atomic mass is 16.5. The standard InChI is InChI=1S/C25H26N4O3/c1-27(2)25(31)23-19-16-28(24(30)22-14-18-10-6-7-11-21(18)32-22)13-12-20(19)29(26-23)15-17-8-4-3-5-9-17/h3-11,22H,12-16H2,1-2H3. The molecule has 2 aromatic carbocycles. The molecule has 5 rings (SSSR count). The number of fused-ring (bicyclic) bond motifs is 2. The monoisotopic (exact) mass is 430 g/mol. The zero-order chi connectivity index (χ0) is 22.2. The zero-order valence-corrected chi connectivity index (χ0v) is 18.3. The number of hydrogen-bond acceptors (Lipinski definition) is 4. The quantitative estimate of drug-likeness (QED) is 0.638. The molecule has 1 unspecified atom stereocenters. The Balaban J connectivity index is 1.41. The van der Waals surface area contributed by atoms with E-state index in [0.717, 1.165) is 28.1 Å². The Kier molecular flexibility index (Phi) is 5.17. The van der Waals surface area contributed by atoms with Crippen LogP contribution in [0.1, 0.15) is 32.9 Å². The molecule has 2 aliphatic rings. The molecule has 0 N–H and O–H groups in total. The number of rotatable bonds is 4. The van der Waals surface area contributed by atoms with Crippen molar-refractivity contribution in [3.05, 3.63) is 82.7 Å². The fourth-order valence-corrected chi connectivity index (χ4v) is 4.47. The molecule has 3 heterocycles. The number of nitrogens with zero attached hydrogens (tertiary/aromatic N) is 4. The number of aromatic nitrogens is 2. The molecule has 7 heteroatoms. The molecule has 0 aliphatic carbocycles. The maximum atomic E-state index is 13.3. The summed E-state index contributed by atoms with van der Waals surface area (Å²) in [6, 6.07) is 17.9. The summed E-state index contributed by atoms with van der Waals surface area (Å²) < 4.78 is 7.84. The Morgan fingerprint density at radius 3 is 2.59 bits per heavy atom. The van der Waals surface area contributed by atoms with Crippen molar-refractivity contribution in [1.82, 2.24) is 19.6 Å². The van der Waals surface area contributed by atoms with Gasteiger partial charge in [0.25, 0.3) is 11.8 Å². The predicted molar refractivity (Wildman–Crippen MR) is 119 cm³/mol. The minimum absolute atomic E-state index is 0.0362. The van der Waals surface area contributed by atoms with Gasteiger partial charge in [0.15, 0.2) is 11.8 Å². The summed E-state index contributed by atoms with van der Waals surface area (Å²) in [4.78, 5) is 29.5. The van der Waals surface area contributed by atoms with Gasteiger partial charge in [-0.3, -0.25) is 14.3 Å². The van der Waals surface area contributed by atoms with Crippen LogP contribution < -0.4 is 4.74 Å². The van der Waals surface area contributed by atoms with Crippen molar-refractivity contribution >= 4 is 11.8 Å². The molecule has 2 amide bonds. The van der Waals surface area contributed by atoms with Crippen molar-refractivity contribution in [2.75, 3.05) is 20.6 Å². The van der Waals surface area contributed by atoms with Crippen LogP contribution in [-0.4, -0.2) is 58.1 Å². The van der Waals surface area contributed by atoms with Crippen LogP contribution in [0.5, 0.6) is 5.75 Å². The summed E-state index contributed by atoms with van der Waals surface area (Å²) in [5.41, 5.74) is 4.47. The van der Waals surface area contributed by atoms with Gasteiger partial charge in [-0.2, -0.15) is 5.10 Å². The van der Waals surface area contributed by atoms with Gasteiger partial charge in [0.1, 0.15) is 5.75 Å². The van der Waals surface area contributed by atoms with Crippen LogP contribution in [0.15, 0.2) is 54.6 Å². The summed E-state index contributed by atoms with van der Waals surface area (Å²) in [6.45, 7) is 1.55. The van der Waals surface area contributed by atoms with E-state index in [2.05, 4.69) is 17.2 Å². The SMILES string of the molecule is CN(C)C(=O)c1nn(Cc2ccccc2)c2c1CN(C(=O)C1Cc3ccccc3O1)CC2. The molecule has 0 fully saturated rings. The first-order valence-corrected chi connectivity index (χ1v) is 10.9. The van der Waals surface area contributed by atoms with E-state index in [9.17, 15) is 9.59 Å². The Labute approximate surface area is 187 Å². The normalized spacial score (nSPS) is 16.8. The fraction of sp³-hybridized carbons (Fsp3) is 0.320. The van der Waals surface area contributed by atoms with Gasteiger partial charge >= 0.3 is 0 Å². The van der Waals surface area contributed by atoms with Crippen LogP contribution in [0.4, 0.5) is 0 Å². The summed E-state index contributed by atoms with van der Waals surface area (Å²) in [5, 5.41) is 4.69. The molecule has 0 saturated heterocycles. The zero-order valence-electron chi connectivity index (χ0n) is 18.3. The summed E-state index contributed by atoms with van der Waals surface area (Å²) in [7, 11) is 3.45. The highest BCUT2D eigenvalue weighted by Gasteiger charge is 2.36. The smallest absolute Gasteiger partial charge is 0.274 e. The van der Waals surface area contributed by atoms with Crippen molar-refractivity contribution in [2.45, 2.75) is 32.0 Å². The minimum atomic E-state index is -0.513. The van der Waals surface area contributed by atoms with Gasteiger partial charge in [0.2, 0.25) is 0 Å². The maximum absolute atomic E-state index is 13.3. The van der Waals surface area contributed by atoms with Crippen LogP contribution in [-0.2, 0) is 30.7 Å².